The van der Waals surface area contributed by atoms with Crippen LogP contribution >= 0.6 is 11.8 Å². The number of carbonyl (C=O) groups is 1. The fourth-order valence-corrected chi connectivity index (χ4v) is 1.67. The molecule has 0 rings (SSSR count). The molecule has 2 atom stereocenters. The number of nitrogens with one attached hydrogen (secondary N) is 1. The van der Waals surface area contributed by atoms with Gasteiger partial charge in [0.1, 0.15) is 0 Å². The highest BCUT2D eigenvalue weighted by Gasteiger charge is 2.13. The Morgan fingerprint density at radius 1 is 1.62 bits per heavy atom. The summed E-state index contributed by atoms with van der Waals surface area (Å²) < 4.78 is 0. The van der Waals surface area contributed by atoms with E-state index in [1.165, 1.54) is 0 Å². The third-order valence-electron chi connectivity index (χ3n) is 1.74. The number of nitrogens with two attached hydrogens (primary N) is 1. The predicted molar refractivity (Wildman–Crippen MR) is 58.9 cm³/mol. The molecule has 0 aromatic rings. The van der Waals surface area contributed by atoms with E-state index in [0.717, 1.165) is 18.6 Å². The van der Waals surface area contributed by atoms with E-state index in [0.29, 0.717) is 0 Å². The molecule has 1 amide bonds. The van der Waals surface area contributed by atoms with Gasteiger partial charge in [-0.25, -0.2) is 0 Å². The van der Waals surface area contributed by atoms with E-state index in [1.807, 2.05) is 20.1 Å². The summed E-state index contributed by atoms with van der Waals surface area (Å²) in [5.41, 5.74) is 5.65. The molecule has 0 aromatic carbocycles. The summed E-state index contributed by atoms with van der Waals surface area (Å²) in [6, 6.07) is -0.125. The lowest BCUT2D eigenvalue weighted by molar-refractivity contribution is -0.122. The van der Waals surface area contributed by atoms with Gasteiger partial charge in [-0.15, -0.1) is 0 Å². The summed E-state index contributed by atoms with van der Waals surface area (Å²) in [7, 11) is 0. The highest BCUT2D eigenvalue weighted by Crippen LogP contribution is 1.98. The maximum atomic E-state index is 11.4. The molecule has 0 radical (unpaired) electrons. The Morgan fingerprint density at radius 3 is 2.69 bits per heavy atom. The van der Waals surface area contributed by atoms with Crippen LogP contribution in [0.2, 0.25) is 0 Å². The quantitative estimate of drug-likeness (QED) is 0.678. The van der Waals surface area contributed by atoms with E-state index in [1.54, 1.807) is 11.8 Å². The molecule has 0 aliphatic heterocycles. The van der Waals surface area contributed by atoms with E-state index in [-0.39, 0.29) is 18.0 Å². The first-order chi connectivity index (χ1) is 6.11. The van der Waals surface area contributed by atoms with E-state index < -0.39 is 0 Å². The summed E-state index contributed by atoms with van der Waals surface area (Å²) in [6.07, 6.45) is 3.73. The Morgan fingerprint density at radius 2 is 2.23 bits per heavy atom. The first kappa shape index (κ1) is 12.8. The van der Waals surface area contributed by atoms with Gasteiger partial charge >= 0.3 is 0 Å². The molecule has 0 spiro atoms. The van der Waals surface area contributed by atoms with Crippen molar-refractivity contribution in [1.29, 1.82) is 0 Å². The minimum atomic E-state index is -0.339. The van der Waals surface area contributed by atoms with Crippen LogP contribution in [0, 0.1) is 0 Å². The number of rotatable bonds is 6. The van der Waals surface area contributed by atoms with Gasteiger partial charge in [0.05, 0.1) is 6.04 Å². The van der Waals surface area contributed by atoms with Crippen molar-refractivity contribution < 1.29 is 4.79 Å². The van der Waals surface area contributed by atoms with Crippen LogP contribution in [0.1, 0.15) is 26.7 Å². The number of carbonyl (C=O) groups excluding carboxylic acids is 1. The Kier molecular flexibility index (Phi) is 7.09. The van der Waals surface area contributed by atoms with Crippen molar-refractivity contribution in [2.24, 2.45) is 5.73 Å². The molecular formula is C9H20N2OS. The molecule has 13 heavy (non-hydrogen) atoms. The van der Waals surface area contributed by atoms with E-state index in [2.05, 4.69) is 5.32 Å². The molecule has 0 fully saturated rings. The smallest absolute Gasteiger partial charge is 0.237 e. The van der Waals surface area contributed by atoms with Gasteiger partial charge in [-0.1, -0.05) is 13.3 Å². The third kappa shape index (κ3) is 5.93. The molecule has 0 aliphatic rings. The van der Waals surface area contributed by atoms with Crippen molar-refractivity contribution >= 4 is 17.7 Å². The van der Waals surface area contributed by atoms with Crippen molar-refractivity contribution in [1.82, 2.24) is 5.32 Å². The Hall–Kier alpha value is -0.220. The lowest BCUT2D eigenvalue weighted by Crippen LogP contribution is -2.45. The van der Waals surface area contributed by atoms with Gasteiger partial charge in [-0.05, 0) is 19.6 Å². The largest absolute Gasteiger partial charge is 0.351 e. The van der Waals surface area contributed by atoms with Gasteiger partial charge in [0, 0.05) is 11.8 Å². The Labute approximate surface area is 84.8 Å². The highest BCUT2D eigenvalue weighted by molar-refractivity contribution is 7.98. The minimum Gasteiger partial charge on any atom is -0.351 e. The monoisotopic (exact) mass is 204 g/mol. The van der Waals surface area contributed by atoms with Crippen LogP contribution in [-0.2, 0) is 4.79 Å². The number of hydrogen-bond acceptors (Lipinski definition) is 3. The molecule has 3 N–H and O–H groups in total. The fourth-order valence-electron chi connectivity index (χ4n) is 1.08. The molecule has 0 heterocycles. The molecule has 1 unspecified atom stereocenters. The zero-order valence-electron chi connectivity index (χ0n) is 8.67. The van der Waals surface area contributed by atoms with Gasteiger partial charge in [0.25, 0.3) is 0 Å². The molecule has 0 bridgehead atoms. The van der Waals surface area contributed by atoms with Gasteiger partial charge < -0.3 is 11.1 Å². The van der Waals surface area contributed by atoms with Gasteiger partial charge in [0.15, 0.2) is 0 Å². The maximum absolute atomic E-state index is 11.4. The molecule has 0 saturated carbocycles. The van der Waals surface area contributed by atoms with Crippen LogP contribution in [0.4, 0.5) is 0 Å². The van der Waals surface area contributed by atoms with Crippen molar-refractivity contribution in [3.05, 3.63) is 0 Å². The lowest BCUT2D eigenvalue weighted by atomic mass is 10.1. The van der Waals surface area contributed by atoms with Gasteiger partial charge in [-0.3, -0.25) is 4.79 Å². The predicted octanol–water partition coefficient (Wildman–Crippen LogP) is 0.981. The first-order valence-electron chi connectivity index (χ1n) is 4.66. The van der Waals surface area contributed by atoms with Crippen molar-refractivity contribution in [3.8, 4) is 0 Å². The molecule has 78 valence electrons. The number of thioether (sulfide) groups is 1. The second kappa shape index (κ2) is 7.21. The summed E-state index contributed by atoms with van der Waals surface area (Å²) in [4.78, 5) is 11.4. The van der Waals surface area contributed by atoms with Crippen LogP contribution < -0.4 is 11.1 Å². The Bertz CT molecular complexity index is 153. The van der Waals surface area contributed by atoms with Crippen LogP contribution in [0.25, 0.3) is 0 Å². The average Bonchev–Trinajstić information content (AvgIpc) is 2.05. The van der Waals surface area contributed by atoms with Gasteiger partial charge in [-0.2, -0.15) is 11.8 Å². The number of hydrogen-bond donors (Lipinski definition) is 2. The zero-order chi connectivity index (χ0) is 10.3. The van der Waals surface area contributed by atoms with E-state index in [9.17, 15) is 4.79 Å². The normalized spacial score (nSPS) is 15.1. The first-order valence-corrected chi connectivity index (χ1v) is 6.06. The standard InChI is InChI=1S/C9H20N2OS/c1-4-5-8(10)9(12)11-7(2)6-13-3/h7-8H,4-6,10H2,1-3H3,(H,11,12)/t7?,8-/m0/s1. The lowest BCUT2D eigenvalue weighted by Gasteiger charge is -2.16. The van der Waals surface area contributed by atoms with Gasteiger partial charge in [0.2, 0.25) is 5.91 Å². The summed E-state index contributed by atoms with van der Waals surface area (Å²) in [6.45, 7) is 4.02. The molecular weight excluding hydrogens is 184 g/mol. The zero-order valence-corrected chi connectivity index (χ0v) is 9.49. The van der Waals surface area contributed by atoms with E-state index in [4.69, 9.17) is 5.73 Å². The highest BCUT2D eigenvalue weighted by atomic mass is 32.2. The summed E-state index contributed by atoms with van der Waals surface area (Å²) in [5.74, 6) is 0.910. The molecule has 0 aliphatic carbocycles. The summed E-state index contributed by atoms with van der Waals surface area (Å²) in [5, 5.41) is 2.88. The topological polar surface area (TPSA) is 55.1 Å². The SMILES string of the molecule is CCC[C@H](N)C(=O)NC(C)CSC. The fraction of sp³-hybridized carbons (Fsp3) is 0.889. The summed E-state index contributed by atoms with van der Waals surface area (Å²) >= 11 is 1.72. The number of amides is 1. The van der Waals surface area contributed by atoms with Crippen LogP contribution in [0.5, 0.6) is 0 Å². The third-order valence-corrected chi connectivity index (χ3v) is 2.58. The van der Waals surface area contributed by atoms with Crippen LogP contribution in [0.3, 0.4) is 0 Å². The molecule has 3 nitrogen and oxygen atoms in total. The maximum Gasteiger partial charge on any atom is 0.237 e. The van der Waals surface area contributed by atoms with Crippen molar-refractivity contribution in [2.45, 2.75) is 38.8 Å². The average molecular weight is 204 g/mol. The second-order valence-corrected chi connectivity index (χ2v) is 4.17. The minimum absolute atomic E-state index is 0.0246. The van der Waals surface area contributed by atoms with Crippen LogP contribution in [0.15, 0.2) is 0 Å². The van der Waals surface area contributed by atoms with E-state index >= 15 is 0 Å². The molecule has 0 saturated heterocycles. The molecule has 0 aromatic heterocycles. The van der Waals surface area contributed by atoms with Crippen molar-refractivity contribution in [2.75, 3.05) is 12.0 Å². The van der Waals surface area contributed by atoms with Crippen LogP contribution in [-0.4, -0.2) is 30.0 Å². The Balaban J connectivity index is 3.71. The second-order valence-electron chi connectivity index (χ2n) is 3.26. The molecule has 4 heteroatoms. The van der Waals surface area contributed by atoms with Crippen molar-refractivity contribution in [3.63, 3.8) is 0 Å².